The quantitative estimate of drug-likeness (QED) is 0.201. The molecule has 2 N–H and O–H groups in total. The molecule has 0 aliphatic rings. The number of nitrogens with one attached hydrogen (secondary N) is 2. The number of ether oxygens (including phenoxy) is 4. The van der Waals surface area contributed by atoms with Crippen LogP contribution >= 0.6 is 11.8 Å². The van der Waals surface area contributed by atoms with E-state index in [2.05, 4.69) is 10.6 Å². The predicted molar refractivity (Wildman–Crippen MR) is 146 cm³/mol. The van der Waals surface area contributed by atoms with Crippen molar-refractivity contribution in [3.63, 3.8) is 0 Å². The van der Waals surface area contributed by atoms with E-state index in [1.807, 2.05) is 26.0 Å². The van der Waals surface area contributed by atoms with Crippen molar-refractivity contribution in [2.45, 2.75) is 71.1 Å². The van der Waals surface area contributed by atoms with Gasteiger partial charge < -0.3 is 29.6 Å². The van der Waals surface area contributed by atoms with Crippen LogP contribution in [0.2, 0.25) is 0 Å². The standard InChI is InChI=1S/C27H42N2O8S/c1-17(2)15-20(18-9-11-19(34-6)12-10-18)23(30)28-22(25(32)36-8)16-38-14-13-21(24(31)35-7)29-26(33)37-27(3,4)5/h9-12,17,20-22H,13-16H2,1-8H3,(H,28,30)(H,29,33)/t20-,21?,22?/m1/s1. The predicted octanol–water partition coefficient (Wildman–Crippen LogP) is 3.67. The van der Waals surface area contributed by atoms with Crippen LogP contribution in [0.3, 0.4) is 0 Å². The van der Waals surface area contributed by atoms with E-state index in [0.717, 1.165) is 5.56 Å². The van der Waals surface area contributed by atoms with Crippen molar-refractivity contribution >= 4 is 35.7 Å². The summed E-state index contributed by atoms with van der Waals surface area (Å²) in [6.07, 6.45) is 0.101. The zero-order chi connectivity index (χ0) is 28.9. The maximum atomic E-state index is 13.3. The molecule has 0 radical (unpaired) electrons. The number of carbonyl (C=O) groups is 4. The molecule has 3 atom stereocenters. The molecular formula is C27H42N2O8S. The molecule has 0 heterocycles. The van der Waals surface area contributed by atoms with Crippen LogP contribution in [0.25, 0.3) is 0 Å². The zero-order valence-corrected chi connectivity index (χ0v) is 24.4. The number of alkyl carbamates (subject to hydrolysis) is 1. The monoisotopic (exact) mass is 554 g/mol. The van der Waals surface area contributed by atoms with Crippen molar-refractivity contribution in [3.8, 4) is 5.75 Å². The largest absolute Gasteiger partial charge is 0.497 e. The highest BCUT2D eigenvalue weighted by atomic mass is 32.2. The fraction of sp³-hybridized carbons (Fsp3) is 0.630. The van der Waals surface area contributed by atoms with Crippen LogP contribution in [0.4, 0.5) is 4.79 Å². The molecule has 2 amide bonds. The third-order valence-corrected chi connectivity index (χ3v) is 6.45. The van der Waals surface area contributed by atoms with Gasteiger partial charge in [0.15, 0.2) is 0 Å². The van der Waals surface area contributed by atoms with E-state index in [9.17, 15) is 19.2 Å². The summed E-state index contributed by atoms with van der Waals surface area (Å²) in [4.78, 5) is 50.0. The first kappa shape index (κ1) is 33.1. The Bertz CT molecular complexity index is 915. The molecule has 1 aromatic carbocycles. The number of methoxy groups -OCH3 is 3. The van der Waals surface area contributed by atoms with Gasteiger partial charge in [-0.3, -0.25) is 4.79 Å². The Morgan fingerprint density at radius 2 is 1.47 bits per heavy atom. The summed E-state index contributed by atoms with van der Waals surface area (Å²) in [6.45, 7) is 9.21. The van der Waals surface area contributed by atoms with E-state index in [1.54, 1.807) is 40.0 Å². The molecular weight excluding hydrogens is 512 g/mol. The minimum Gasteiger partial charge on any atom is -0.497 e. The molecule has 0 saturated carbocycles. The first-order chi connectivity index (χ1) is 17.8. The highest BCUT2D eigenvalue weighted by molar-refractivity contribution is 7.99. The summed E-state index contributed by atoms with van der Waals surface area (Å²) in [5.41, 5.74) is 0.104. The molecule has 2 unspecified atom stereocenters. The molecule has 1 aromatic rings. The van der Waals surface area contributed by atoms with Crippen LogP contribution < -0.4 is 15.4 Å². The van der Waals surface area contributed by atoms with Gasteiger partial charge in [0.1, 0.15) is 23.4 Å². The van der Waals surface area contributed by atoms with Gasteiger partial charge in [0, 0.05) is 5.75 Å². The summed E-state index contributed by atoms with van der Waals surface area (Å²) in [7, 11) is 4.07. The average Bonchev–Trinajstić information content (AvgIpc) is 2.86. The van der Waals surface area contributed by atoms with E-state index in [0.29, 0.717) is 17.9 Å². The Morgan fingerprint density at radius 3 is 1.97 bits per heavy atom. The van der Waals surface area contributed by atoms with Gasteiger partial charge in [-0.15, -0.1) is 0 Å². The number of hydrogen-bond donors (Lipinski definition) is 2. The molecule has 10 nitrogen and oxygen atoms in total. The molecule has 0 fully saturated rings. The minimum absolute atomic E-state index is 0.218. The maximum absolute atomic E-state index is 13.3. The lowest BCUT2D eigenvalue weighted by Gasteiger charge is -2.24. The van der Waals surface area contributed by atoms with Gasteiger partial charge in [-0.05, 0) is 63.0 Å². The molecule has 0 bridgehead atoms. The Labute approximate surface area is 229 Å². The van der Waals surface area contributed by atoms with Crippen LogP contribution in [-0.2, 0) is 28.6 Å². The van der Waals surface area contributed by atoms with Crippen LogP contribution in [0.15, 0.2) is 24.3 Å². The Kier molecular flexibility index (Phi) is 14.0. The molecule has 0 aromatic heterocycles. The van der Waals surface area contributed by atoms with Gasteiger partial charge in [-0.1, -0.05) is 26.0 Å². The number of rotatable bonds is 14. The number of thioether (sulfide) groups is 1. The second kappa shape index (κ2) is 16.1. The van der Waals surface area contributed by atoms with Crippen LogP contribution in [-0.4, -0.2) is 74.5 Å². The molecule has 11 heteroatoms. The van der Waals surface area contributed by atoms with Crippen molar-refractivity contribution in [1.29, 1.82) is 0 Å². The summed E-state index contributed by atoms with van der Waals surface area (Å²) < 4.78 is 20.1. The number of benzene rings is 1. The summed E-state index contributed by atoms with van der Waals surface area (Å²) in [5.74, 6) is -0.369. The molecule has 0 aliphatic carbocycles. The Morgan fingerprint density at radius 1 is 0.895 bits per heavy atom. The van der Waals surface area contributed by atoms with Crippen molar-refractivity contribution < 1.29 is 38.1 Å². The lowest BCUT2D eigenvalue weighted by molar-refractivity contribution is -0.144. The van der Waals surface area contributed by atoms with Crippen molar-refractivity contribution in [1.82, 2.24) is 10.6 Å². The first-order valence-electron chi connectivity index (χ1n) is 12.5. The van der Waals surface area contributed by atoms with E-state index in [4.69, 9.17) is 18.9 Å². The minimum atomic E-state index is -0.918. The highest BCUT2D eigenvalue weighted by Gasteiger charge is 2.29. The molecule has 0 aliphatic heterocycles. The zero-order valence-electron chi connectivity index (χ0n) is 23.6. The average molecular weight is 555 g/mol. The summed E-state index contributed by atoms with van der Waals surface area (Å²) in [6, 6.07) is 5.48. The lowest BCUT2D eigenvalue weighted by atomic mass is 9.89. The van der Waals surface area contributed by atoms with Crippen molar-refractivity contribution in [3.05, 3.63) is 29.8 Å². The highest BCUT2D eigenvalue weighted by Crippen LogP contribution is 2.26. The number of amides is 2. The normalized spacial score (nSPS) is 13.6. The molecule has 1 rings (SSSR count). The smallest absolute Gasteiger partial charge is 0.408 e. The van der Waals surface area contributed by atoms with E-state index < -0.39 is 41.6 Å². The van der Waals surface area contributed by atoms with Gasteiger partial charge in [-0.2, -0.15) is 11.8 Å². The van der Waals surface area contributed by atoms with Crippen LogP contribution in [0.5, 0.6) is 5.75 Å². The Hall–Kier alpha value is -2.95. The Balaban J connectivity index is 2.84. The maximum Gasteiger partial charge on any atom is 0.408 e. The van der Waals surface area contributed by atoms with E-state index >= 15 is 0 Å². The summed E-state index contributed by atoms with van der Waals surface area (Å²) >= 11 is 1.34. The van der Waals surface area contributed by atoms with Gasteiger partial charge >= 0.3 is 18.0 Å². The van der Waals surface area contributed by atoms with E-state index in [1.165, 1.54) is 26.0 Å². The van der Waals surface area contributed by atoms with Crippen LogP contribution in [0.1, 0.15) is 58.9 Å². The topological polar surface area (TPSA) is 129 Å². The van der Waals surface area contributed by atoms with Crippen LogP contribution in [0, 0.1) is 5.92 Å². The van der Waals surface area contributed by atoms with E-state index in [-0.39, 0.29) is 24.0 Å². The van der Waals surface area contributed by atoms with Gasteiger partial charge in [-0.25, -0.2) is 14.4 Å². The number of hydrogen-bond acceptors (Lipinski definition) is 9. The molecule has 38 heavy (non-hydrogen) atoms. The molecule has 0 spiro atoms. The lowest BCUT2D eigenvalue weighted by Crippen LogP contribution is -2.46. The van der Waals surface area contributed by atoms with Gasteiger partial charge in [0.2, 0.25) is 5.91 Å². The SMILES string of the molecule is COC(=O)C(CCSCC(NC(=O)[C@H](CC(C)C)c1ccc(OC)cc1)C(=O)OC)NC(=O)OC(C)(C)C. The third kappa shape index (κ3) is 12.1. The molecule has 0 saturated heterocycles. The fourth-order valence-corrected chi connectivity index (χ4v) is 4.55. The number of esters is 2. The van der Waals surface area contributed by atoms with Gasteiger partial charge in [0.05, 0.1) is 27.2 Å². The first-order valence-corrected chi connectivity index (χ1v) is 13.6. The second-order valence-electron chi connectivity index (χ2n) is 10.1. The summed E-state index contributed by atoms with van der Waals surface area (Å²) in [5, 5.41) is 5.35. The fourth-order valence-electron chi connectivity index (χ4n) is 3.53. The molecule has 214 valence electrons. The second-order valence-corrected chi connectivity index (χ2v) is 11.3. The van der Waals surface area contributed by atoms with Crippen molar-refractivity contribution in [2.24, 2.45) is 5.92 Å². The van der Waals surface area contributed by atoms with Crippen molar-refractivity contribution in [2.75, 3.05) is 32.8 Å². The third-order valence-electron chi connectivity index (χ3n) is 5.36. The van der Waals surface area contributed by atoms with Gasteiger partial charge in [0.25, 0.3) is 0 Å². The number of carbonyl (C=O) groups excluding carboxylic acids is 4.